The van der Waals surface area contributed by atoms with Crippen LogP contribution in [0.2, 0.25) is 0 Å². The largest absolute Gasteiger partial charge is 0.339 e. The van der Waals surface area contributed by atoms with Gasteiger partial charge in [-0.2, -0.15) is 5.10 Å². The predicted molar refractivity (Wildman–Crippen MR) is 116 cm³/mol. The Morgan fingerprint density at radius 3 is 2.57 bits per heavy atom. The average Bonchev–Trinajstić information content (AvgIpc) is 3.32. The third kappa shape index (κ3) is 4.74. The van der Waals surface area contributed by atoms with E-state index in [0.717, 1.165) is 61.5 Å². The van der Waals surface area contributed by atoms with Gasteiger partial charge in [0.25, 0.3) is 5.91 Å². The maximum atomic E-state index is 12.9. The highest BCUT2D eigenvalue weighted by Gasteiger charge is 2.25. The van der Waals surface area contributed by atoms with Crippen molar-refractivity contribution >= 4 is 5.91 Å². The van der Waals surface area contributed by atoms with Crippen LogP contribution in [-0.2, 0) is 6.42 Å². The minimum atomic E-state index is 0.102. The molecule has 2 aromatic heterocycles. The molecule has 156 valence electrons. The number of aromatic nitrogens is 4. The molecule has 0 N–H and O–H groups in total. The molecule has 3 aromatic rings. The van der Waals surface area contributed by atoms with E-state index in [2.05, 4.69) is 39.1 Å². The maximum Gasteiger partial charge on any atom is 0.253 e. The number of likely N-dealkylation sites (tertiary alicyclic amines) is 1. The van der Waals surface area contributed by atoms with Crippen molar-refractivity contribution in [3.05, 3.63) is 72.1 Å². The van der Waals surface area contributed by atoms with Crippen LogP contribution in [0.15, 0.2) is 55.1 Å². The Balaban J connectivity index is 1.27. The number of amides is 1. The lowest BCUT2D eigenvalue weighted by Crippen LogP contribution is -2.46. The van der Waals surface area contributed by atoms with Gasteiger partial charge in [0.15, 0.2) is 0 Å². The molecular formula is C23H28N6O. The second kappa shape index (κ2) is 9.17. The van der Waals surface area contributed by atoms with Crippen molar-refractivity contribution < 1.29 is 4.79 Å². The quantitative estimate of drug-likeness (QED) is 0.632. The molecule has 7 heteroatoms. The molecule has 1 fully saturated rings. The molecule has 1 saturated heterocycles. The predicted octanol–water partition coefficient (Wildman–Crippen LogP) is 2.75. The molecule has 0 bridgehead atoms. The van der Waals surface area contributed by atoms with Gasteiger partial charge in [-0.3, -0.25) is 9.78 Å². The number of rotatable bonds is 6. The van der Waals surface area contributed by atoms with Gasteiger partial charge < -0.3 is 9.80 Å². The number of hydrogen-bond acceptors (Lipinski definition) is 5. The van der Waals surface area contributed by atoms with Gasteiger partial charge in [0.1, 0.15) is 12.7 Å². The van der Waals surface area contributed by atoms with Crippen LogP contribution in [0.3, 0.4) is 0 Å². The highest BCUT2D eigenvalue weighted by Crippen LogP contribution is 2.19. The number of hydrogen-bond donors (Lipinski definition) is 0. The Morgan fingerprint density at radius 2 is 1.90 bits per heavy atom. The van der Waals surface area contributed by atoms with Crippen molar-refractivity contribution in [3.63, 3.8) is 0 Å². The van der Waals surface area contributed by atoms with Gasteiger partial charge in [-0.1, -0.05) is 6.07 Å². The number of piperidine rings is 1. The molecule has 1 aliphatic heterocycles. The molecule has 1 aromatic carbocycles. The maximum absolute atomic E-state index is 12.9. The lowest BCUT2D eigenvalue weighted by Gasteiger charge is -2.36. The van der Waals surface area contributed by atoms with Gasteiger partial charge in [-0.25, -0.2) is 9.67 Å². The van der Waals surface area contributed by atoms with Crippen LogP contribution in [0.4, 0.5) is 0 Å². The number of likely N-dealkylation sites (N-methyl/N-ethyl adjacent to an activating group) is 1. The zero-order chi connectivity index (χ0) is 20.9. The summed E-state index contributed by atoms with van der Waals surface area (Å²) in [6.45, 7) is 4.60. The lowest BCUT2D eigenvalue weighted by molar-refractivity contribution is 0.0647. The zero-order valence-corrected chi connectivity index (χ0v) is 17.6. The third-order valence-electron chi connectivity index (χ3n) is 5.84. The Bertz CT molecular complexity index is 962. The van der Waals surface area contributed by atoms with Crippen LogP contribution in [-0.4, -0.2) is 68.2 Å². The molecule has 1 aliphatic rings. The number of aryl methyl sites for hydroxylation is 1. The number of nitrogens with zero attached hydrogens (tertiary/aromatic N) is 6. The molecule has 30 heavy (non-hydrogen) atoms. The average molecular weight is 405 g/mol. The van der Waals surface area contributed by atoms with Crippen LogP contribution in [0.25, 0.3) is 5.69 Å². The summed E-state index contributed by atoms with van der Waals surface area (Å²) in [5.41, 5.74) is 3.82. The van der Waals surface area contributed by atoms with Crippen LogP contribution in [0, 0.1) is 6.92 Å². The smallest absolute Gasteiger partial charge is 0.253 e. The Morgan fingerprint density at radius 1 is 1.13 bits per heavy atom. The van der Waals surface area contributed by atoms with Gasteiger partial charge in [-0.15, -0.1) is 0 Å². The molecule has 7 nitrogen and oxygen atoms in total. The van der Waals surface area contributed by atoms with E-state index in [1.54, 1.807) is 11.0 Å². The van der Waals surface area contributed by atoms with Gasteiger partial charge in [-0.05, 0) is 63.2 Å². The third-order valence-corrected chi connectivity index (χ3v) is 5.84. The summed E-state index contributed by atoms with van der Waals surface area (Å²) in [7, 11) is 2.18. The summed E-state index contributed by atoms with van der Waals surface area (Å²) >= 11 is 0. The van der Waals surface area contributed by atoms with Gasteiger partial charge in [0.05, 0.1) is 5.69 Å². The fourth-order valence-corrected chi connectivity index (χ4v) is 4.00. The van der Waals surface area contributed by atoms with Crippen LogP contribution < -0.4 is 0 Å². The second-order valence-electron chi connectivity index (χ2n) is 7.91. The summed E-state index contributed by atoms with van der Waals surface area (Å²) in [5, 5.41) is 4.12. The van der Waals surface area contributed by atoms with Gasteiger partial charge >= 0.3 is 0 Å². The minimum absolute atomic E-state index is 0.102. The zero-order valence-electron chi connectivity index (χ0n) is 17.6. The van der Waals surface area contributed by atoms with Crippen molar-refractivity contribution in [1.82, 2.24) is 29.5 Å². The highest BCUT2D eigenvalue weighted by molar-refractivity contribution is 5.94. The van der Waals surface area contributed by atoms with Crippen LogP contribution in [0.1, 0.15) is 34.6 Å². The van der Waals surface area contributed by atoms with Gasteiger partial charge in [0.2, 0.25) is 0 Å². The van der Waals surface area contributed by atoms with E-state index in [9.17, 15) is 4.79 Å². The van der Waals surface area contributed by atoms with Crippen LogP contribution >= 0.6 is 0 Å². The van der Waals surface area contributed by atoms with E-state index in [1.807, 2.05) is 42.2 Å². The first-order chi connectivity index (χ1) is 14.6. The fourth-order valence-electron chi connectivity index (χ4n) is 4.00. The number of pyridine rings is 1. The summed E-state index contributed by atoms with van der Waals surface area (Å²) in [5.74, 6) is 0.102. The monoisotopic (exact) mass is 404 g/mol. The Labute approximate surface area is 177 Å². The Hall–Kier alpha value is -3.06. The van der Waals surface area contributed by atoms with Crippen molar-refractivity contribution in [2.75, 3.05) is 26.7 Å². The standard InChI is InChI=1S/C23H28N6O/c1-18-4-3-5-20(26-18)10-13-27(2)21-11-14-28(15-12-21)23(30)19-6-8-22(9-7-19)29-17-24-16-25-29/h3-9,16-17,21H,10-15H2,1-2H3. The van der Waals surface area contributed by atoms with Crippen molar-refractivity contribution in [2.24, 2.45) is 0 Å². The molecule has 0 atom stereocenters. The second-order valence-corrected chi connectivity index (χ2v) is 7.91. The van der Waals surface area contributed by atoms with E-state index < -0.39 is 0 Å². The molecule has 0 aliphatic carbocycles. The number of carbonyl (C=O) groups is 1. The van der Waals surface area contributed by atoms with E-state index in [-0.39, 0.29) is 5.91 Å². The van der Waals surface area contributed by atoms with Crippen molar-refractivity contribution in [1.29, 1.82) is 0 Å². The van der Waals surface area contributed by atoms with Crippen LogP contribution in [0.5, 0.6) is 0 Å². The van der Waals surface area contributed by atoms with E-state index in [4.69, 9.17) is 0 Å². The summed E-state index contributed by atoms with van der Waals surface area (Å²) in [4.78, 5) is 25.8. The summed E-state index contributed by atoms with van der Waals surface area (Å²) < 4.78 is 1.68. The van der Waals surface area contributed by atoms with Crippen molar-refractivity contribution in [2.45, 2.75) is 32.2 Å². The van der Waals surface area contributed by atoms with Gasteiger partial charge in [0, 0.05) is 49.0 Å². The molecule has 1 amide bonds. The topological polar surface area (TPSA) is 67.2 Å². The Kier molecular flexibility index (Phi) is 6.18. The molecule has 0 spiro atoms. The lowest BCUT2D eigenvalue weighted by atomic mass is 10.0. The summed E-state index contributed by atoms with van der Waals surface area (Å²) in [6.07, 6.45) is 6.10. The summed E-state index contributed by atoms with van der Waals surface area (Å²) in [6, 6.07) is 14.2. The normalized spacial score (nSPS) is 15.0. The SMILES string of the molecule is Cc1cccc(CCN(C)C2CCN(C(=O)c3ccc(-n4cncn4)cc3)CC2)n1. The highest BCUT2D eigenvalue weighted by atomic mass is 16.2. The number of benzene rings is 1. The molecule has 0 unspecified atom stereocenters. The van der Waals surface area contributed by atoms with Crippen molar-refractivity contribution in [3.8, 4) is 5.69 Å². The molecule has 0 radical (unpaired) electrons. The number of carbonyl (C=O) groups excluding carboxylic acids is 1. The molecule has 3 heterocycles. The fraction of sp³-hybridized carbons (Fsp3) is 0.391. The van der Waals surface area contributed by atoms with E-state index in [1.165, 1.54) is 6.33 Å². The molecule has 0 saturated carbocycles. The minimum Gasteiger partial charge on any atom is -0.339 e. The first kappa shape index (κ1) is 20.2. The van der Waals surface area contributed by atoms with E-state index in [0.29, 0.717) is 6.04 Å². The first-order valence-electron chi connectivity index (χ1n) is 10.5. The molecule has 4 rings (SSSR count). The molecular weight excluding hydrogens is 376 g/mol. The van der Waals surface area contributed by atoms with E-state index >= 15 is 0 Å². The first-order valence-corrected chi connectivity index (χ1v) is 10.5.